The second-order valence-electron chi connectivity index (χ2n) is 18.8. The van der Waals surface area contributed by atoms with E-state index in [4.69, 9.17) is 33.2 Å². The number of carbonyl (C=O) groups excluding carboxylic acids is 4. The second-order valence-corrected chi connectivity index (χ2v) is 18.8. The molecule has 6 rings (SSSR count). The number of aliphatic hydroxyl groups excluding tert-OH is 1. The number of ether oxygens (including phenoxy) is 7. The highest BCUT2D eigenvalue weighted by molar-refractivity contribution is 5.89. The van der Waals surface area contributed by atoms with Crippen LogP contribution in [0.25, 0.3) is 0 Å². The number of hydrogen-bond acceptors (Lipinski definition) is 13. The van der Waals surface area contributed by atoms with Gasteiger partial charge in [0.2, 0.25) is 0 Å². The summed E-state index contributed by atoms with van der Waals surface area (Å²) in [5.74, 6) is -3.13. The zero-order valence-electron chi connectivity index (χ0n) is 35.3. The van der Waals surface area contributed by atoms with E-state index in [1.54, 1.807) is 71.9 Å². The lowest BCUT2D eigenvalue weighted by Crippen LogP contribution is -2.71. The first-order valence-electron chi connectivity index (χ1n) is 20.3. The predicted molar refractivity (Wildman–Crippen MR) is 209 cm³/mol. The number of alkyl carbamates (subject to hydrolysis) is 1. The molecular formula is C44H61NO13. The van der Waals surface area contributed by atoms with Crippen LogP contribution in [0.1, 0.15) is 98.9 Å². The molecule has 4 fully saturated rings. The summed E-state index contributed by atoms with van der Waals surface area (Å²) in [6.45, 7) is 21.4. The lowest BCUT2D eigenvalue weighted by molar-refractivity contribution is -0.354. The molecule has 13 atom stereocenters. The predicted octanol–water partition coefficient (Wildman–Crippen LogP) is 5.18. The zero-order valence-corrected chi connectivity index (χ0v) is 35.3. The van der Waals surface area contributed by atoms with Crippen LogP contribution in [0.15, 0.2) is 54.1 Å². The smallest absolute Gasteiger partial charge is 0.407 e. The van der Waals surface area contributed by atoms with Gasteiger partial charge in [0.15, 0.2) is 18.5 Å². The number of rotatable bonds is 11. The van der Waals surface area contributed by atoms with Gasteiger partial charge in [-0.15, -0.1) is 0 Å². The molecule has 3 N–H and O–H groups in total. The minimum atomic E-state index is -1.81. The van der Waals surface area contributed by atoms with Crippen molar-refractivity contribution in [1.82, 2.24) is 5.32 Å². The molecule has 2 aliphatic heterocycles. The maximum Gasteiger partial charge on any atom is 0.407 e. The van der Waals surface area contributed by atoms with Crippen molar-refractivity contribution in [3.63, 3.8) is 0 Å². The molecule has 2 heterocycles. The fraction of sp³-hybridized carbons (Fsp3) is 0.682. The van der Waals surface area contributed by atoms with Crippen LogP contribution < -0.4 is 5.32 Å². The van der Waals surface area contributed by atoms with Gasteiger partial charge in [0.25, 0.3) is 0 Å². The molecule has 14 heteroatoms. The molecule has 320 valence electrons. The van der Waals surface area contributed by atoms with Gasteiger partial charge in [-0.1, -0.05) is 45.5 Å². The Hall–Kier alpha value is -3.82. The number of carbonyl (C=O) groups is 4. The summed E-state index contributed by atoms with van der Waals surface area (Å²) in [6.07, 6.45) is -6.56. The average Bonchev–Trinajstić information content (AvgIpc) is 3.37. The van der Waals surface area contributed by atoms with Crippen molar-refractivity contribution >= 4 is 24.0 Å². The highest BCUT2D eigenvalue weighted by atomic mass is 16.7. The molecule has 14 nitrogen and oxygen atoms in total. The maximum atomic E-state index is 14.4. The lowest BCUT2D eigenvalue weighted by atomic mass is 9.51. The van der Waals surface area contributed by atoms with E-state index in [1.807, 2.05) is 20.8 Å². The van der Waals surface area contributed by atoms with Crippen LogP contribution in [0, 0.1) is 28.6 Å². The van der Waals surface area contributed by atoms with E-state index in [9.17, 15) is 29.4 Å². The molecule has 0 spiro atoms. The number of benzene rings is 1. The number of nitrogens with one attached hydrogen (secondary N) is 1. The van der Waals surface area contributed by atoms with Crippen LogP contribution in [0.4, 0.5) is 4.79 Å². The molecule has 2 saturated heterocycles. The Balaban J connectivity index is 1.51. The number of esters is 3. The van der Waals surface area contributed by atoms with Gasteiger partial charge < -0.3 is 48.7 Å². The first-order valence-corrected chi connectivity index (χ1v) is 20.3. The fourth-order valence-electron chi connectivity index (χ4n) is 10.4. The van der Waals surface area contributed by atoms with Crippen LogP contribution in [-0.2, 0) is 42.7 Å². The van der Waals surface area contributed by atoms with Crippen molar-refractivity contribution < 1.29 is 62.5 Å². The Kier molecular flexibility index (Phi) is 12.1. The van der Waals surface area contributed by atoms with Crippen LogP contribution in [-0.4, -0.2) is 107 Å². The van der Waals surface area contributed by atoms with E-state index in [2.05, 4.69) is 11.9 Å². The van der Waals surface area contributed by atoms with E-state index < -0.39 is 101 Å². The Bertz CT molecular complexity index is 1780. The Morgan fingerprint density at radius 1 is 1.05 bits per heavy atom. The van der Waals surface area contributed by atoms with Crippen molar-refractivity contribution in [2.24, 2.45) is 28.6 Å². The van der Waals surface area contributed by atoms with E-state index in [0.29, 0.717) is 24.2 Å². The van der Waals surface area contributed by atoms with Gasteiger partial charge in [-0.05, 0) is 83.2 Å². The summed E-state index contributed by atoms with van der Waals surface area (Å²) in [6, 6.07) is 7.46. The first kappa shape index (κ1) is 43.8. The van der Waals surface area contributed by atoms with Crippen LogP contribution >= 0.6 is 0 Å². The van der Waals surface area contributed by atoms with Crippen molar-refractivity contribution in [3.05, 3.63) is 59.7 Å². The topological polar surface area (TPSA) is 185 Å². The van der Waals surface area contributed by atoms with Crippen LogP contribution in [0.2, 0.25) is 0 Å². The summed E-state index contributed by atoms with van der Waals surface area (Å²) >= 11 is 0. The van der Waals surface area contributed by atoms with Gasteiger partial charge in [0.1, 0.15) is 23.9 Å². The van der Waals surface area contributed by atoms with E-state index >= 15 is 0 Å². The molecule has 3 aliphatic carbocycles. The fourth-order valence-corrected chi connectivity index (χ4v) is 10.4. The van der Waals surface area contributed by atoms with Crippen molar-refractivity contribution in [2.75, 3.05) is 6.61 Å². The summed E-state index contributed by atoms with van der Waals surface area (Å²) < 4.78 is 44.1. The van der Waals surface area contributed by atoms with Crippen LogP contribution in [0.3, 0.4) is 0 Å². The molecule has 2 saturated carbocycles. The quantitative estimate of drug-likeness (QED) is 0.151. The standard InChI is InChI=1S/C44H61NO13/c1-12-31-55-30-19-28-26(21-52-28)33-36(57-38(48)25-16-14-13-15-17-25)44(42(9,10)51)20-29(23(4)32(44)35(53-24(5)46)37(56-31)43(30,33)11)54-39(49)34(47)27(18-22(2)3)45-40(50)58-41(6,7)8/h12-17,22,26-31,33-37,47,51H,1,18-21H2,2-11H3,(H,45,50)/t26-,27+,28-,29+,30+,31?,33+,34-,35+,36+,37+,43-,44?/m1/s1. The van der Waals surface area contributed by atoms with E-state index in [0.717, 1.165) is 0 Å². The zero-order chi connectivity index (χ0) is 42.7. The highest BCUT2D eigenvalue weighted by Crippen LogP contribution is 2.68. The molecule has 1 amide bonds. The van der Waals surface area contributed by atoms with Crippen molar-refractivity contribution in [1.29, 1.82) is 0 Å². The lowest BCUT2D eigenvalue weighted by Gasteiger charge is -2.63. The molecule has 0 aromatic heterocycles. The van der Waals surface area contributed by atoms with Gasteiger partial charge in [-0.3, -0.25) is 4.79 Å². The molecule has 2 unspecified atom stereocenters. The maximum absolute atomic E-state index is 14.4. The molecule has 5 aliphatic rings. The Morgan fingerprint density at radius 2 is 1.72 bits per heavy atom. The highest BCUT2D eigenvalue weighted by Gasteiger charge is 2.76. The van der Waals surface area contributed by atoms with E-state index in [1.165, 1.54) is 13.0 Å². The number of aliphatic hydroxyl groups is 2. The summed E-state index contributed by atoms with van der Waals surface area (Å²) in [5.41, 5.74) is -4.03. The molecule has 0 bridgehead atoms. The molecule has 0 radical (unpaired) electrons. The van der Waals surface area contributed by atoms with Gasteiger partial charge in [-0.25, -0.2) is 14.4 Å². The average molecular weight is 812 g/mol. The molecule has 58 heavy (non-hydrogen) atoms. The monoisotopic (exact) mass is 811 g/mol. The third-order valence-corrected chi connectivity index (χ3v) is 12.9. The summed E-state index contributed by atoms with van der Waals surface area (Å²) in [7, 11) is 0. The molecule has 1 aromatic rings. The summed E-state index contributed by atoms with van der Waals surface area (Å²) in [4.78, 5) is 54.6. The first-order chi connectivity index (χ1) is 27.0. The molecule has 1 aromatic carbocycles. The summed E-state index contributed by atoms with van der Waals surface area (Å²) in [5, 5.41) is 26.9. The minimum Gasteiger partial charge on any atom is -0.457 e. The third-order valence-electron chi connectivity index (χ3n) is 12.9. The number of amides is 1. The van der Waals surface area contributed by atoms with Gasteiger partial charge in [-0.2, -0.15) is 0 Å². The normalized spacial score (nSPS) is 35.2. The number of fused-ring (bicyclic) bond motifs is 3. The SMILES string of the molecule is C=CC1O[C@H]2C[C@H]3OC[C@H]3[C@H]3[C@H](OC(=O)c4ccccc4)C4(C(C)(C)O)C[C@H](OC(=O)[C@H](O)[C@H](CC(C)C)NC(=O)OC(C)(C)C)C(C)=C4[C@H](OC(C)=O)[C@H](O1)[C@@]32C. The van der Waals surface area contributed by atoms with Crippen molar-refractivity contribution in [2.45, 2.75) is 155 Å². The van der Waals surface area contributed by atoms with Crippen LogP contribution in [0.5, 0.6) is 0 Å². The Morgan fingerprint density at radius 3 is 2.28 bits per heavy atom. The Labute approximate surface area is 340 Å². The largest absolute Gasteiger partial charge is 0.457 e. The molecular weight excluding hydrogens is 750 g/mol. The van der Waals surface area contributed by atoms with E-state index in [-0.39, 0.29) is 36.3 Å². The van der Waals surface area contributed by atoms with Gasteiger partial charge in [0, 0.05) is 37.0 Å². The number of hydrogen-bond donors (Lipinski definition) is 3. The third kappa shape index (κ3) is 7.82. The van der Waals surface area contributed by atoms with Gasteiger partial charge in [0.05, 0.1) is 41.4 Å². The van der Waals surface area contributed by atoms with Gasteiger partial charge >= 0.3 is 24.0 Å². The van der Waals surface area contributed by atoms with Crippen molar-refractivity contribution in [3.8, 4) is 0 Å². The minimum absolute atomic E-state index is 0.0425. The second kappa shape index (κ2) is 16.0.